The van der Waals surface area contributed by atoms with Crippen LogP contribution in [0.3, 0.4) is 0 Å². The normalized spacial score (nSPS) is 47.8. The molecule has 0 radical (unpaired) electrons. The largest absolute Gasteiger partial charge is 0.312 e. The first kappa shape index (κ1) is 11.4. The molecule has 0 aromatic carbocycles. The molecular formula is C14H27N. The fraction of sp³-hybridized carbons (Fsp3) is 1.00. The molecule has 0 aromatic rings. The Morgan fingerprint density at radius 3 is 1.80 bits per heavy atom. The first-order valence-corrected chi connectivity index (χ1v) is 6.91. The highest BCUT2D eigenvalue weighted by atomic mass is 15.0. The lowest BCUT2D eigenvalue weighted by atomic mass is 9.71. The Balaban J connectivity index is 1.87. The molecule has 2 aliphatic rings. The minimum atomic E-state index is 0.748. The summed E-state index contributed by atoms with van der Waals surface area (Å²) in [7, 11) is 0. The first-order chi connectivity index (χ1) is 7.15. The third-order valence-corrected chi connectivity index (χ3v) is 4.61. The second-order valence-electron chi connectivity index (χ2n) is 6.22. The summed E-state index contributed by atoms with van der Waals surface area (Å²) in [4.78, 5) is 0. The molecule has 1 heteroatoms. The zero-order valence-electron chi connectivity index (χ0n) is 10.6. The predicted octanol–water partition coefficient (Wildman–Crippen LogP) is 3.59. The molecule has 88 valence electrons. The van der Waals surface area contributed by atoms with Gasteiger partial charge in [-0.2, -0.15) is 0 Å². The Morgan fingerprint density at radius 1 is 0.733 bits per heavy atom. The van der Waals surface area contributed by atoms with Crippen molar-refractivity contribution in [3.8, 4) is 0 Å². The topological polar surface area (TPSA) is 12.0 Å². The van der Waals surface area contributed by atoms with Crippen LogP contribution in [0.5, 0.6) is 0 Å². The minimum absolute atomic E-state index is 0.748. The Kier molecular flexibility index (Phi) is 3.71. The predicted molar refractivity (Wildman–Crippen MR) is 65.9 cm³/mol. The molecule has 1 heterocycles. The summed E-state index contributed by atoms with van der Waals surface area (Å²) in [5.74, 6) is 3.06. The van der Waals surface area contributed by atoms with Gasteiger partial charge >= 0.3 is 0 Å². The van der Waals surface area contributed by atoms with E-state index in [0.29, 0.717) is 0 Å². The fourth-order valence-electron chi connectivity index (χ4n) is 3.77. The van der Waals surface area contributed by atoms with E-state index in [9.17, 15) is 0 Å². The van der Waals surface area contributed by atoms with Gasteiger partial charge in [-0.25, -0.2) is 0 Å². The highest BCUT2D eigenvalue weighted by Gasteiger charge is 2.31. The van der Waals surface area contributed by atoms with E-state index < -0.39 is 0 Å². The van der Waals surface area contributed by atoms with Crippen LogP contribution in [0.4, 0.5) is 0 Å². The van der Waals surface area contributed by atoms with Crippen molar-refractivity contribution in [2.24, 2.45) is 17.8 Å². The molecule has 1 N–H and O–H groups in total. The Bertz CT molecular complexity index is 184. The zero-order valence-corrected chi connectivity index (χ0v) is 10.6. The highest BCUT2D eigenvalue weighted by molar-refractivity contribution is 4.86. The quantitative estimate of drug-likeness (QED) is 0.696. The lowest BCUT2D eigenvalue weighted by Crippen LogP contribution is -2.44. The van der Waals surface area contributed by atoms with Crippen LogP contribution in [0.1, 0.15) is 59.3 Å². The molecule has 2 rings (SSSR count). The van der Waals surface area contributed by atoms with E-state index in [1.165, 1.54) is 38.5 Å². The summed E-state index contributed by atoms with van der Waals surface area (Å²) in [5, 5.41) is 3.66. The summed E-state index contributed by atoms with van der Waals surface area (Å²) >= 11 is 0. The molecule has 0 amide bonds. The number of rotatable bonds is 1. The van der Waals surface area contributed by atoms with Crippen molar-refractivity contribution in [2.75, 3.05) is 0 Å². The van der Waals surface area contributed by atoms with Crippen molar-refractivity contribution in [1.29, 1.82) is 0 Å². The van der Waals surface area contributed by atoms with Crippen molar-refractivity contribution in [1.82, 2.24) is 5.32 Å². The third kappa shape index (κ3) is 2.96. The molecule has 0 spiro atoms. The molecule has 1 saturated heterocycles. The van der Waals surface area contributed by atoms with Gasteiger partial charge in [0.1, 0.15) is 0 Å². The van der Waals surface area contributed by atoms with E-state index in [0.717, 1.165) is 29.8 Å². The zero-order chi connectivity index (χ0) is 10.8. The monoisotopic (exact) mass is 209 g/mol. The van der Waals surface area contributed by atoms with Crippen molar-refractivity contribution in [3.05, 3.63) is 0 Å². The maximum Gasteiger partial charge on any atom is 0.00439 e. The Morgan fingerprint density at radius 2 is 1.27 bits per heavy atom. The van der Waals surface area contributed by atoms with Gasteiger partial charge in [0.2, 0.25) is 0 Å². The lowest BCUT2D eigenvalue weighted by molar-refractivity contribution is 0.143. The second-order valence-corrected chi connectivity index (χ2v) is 6.22. The first-order valence-electron chi connectivity index (χ1n) is 6.91. The van der Waals surface area contributed by atoms with Gasteiger partial charge in [0.05, 0.1) is 0 Å². The van der Waals surface area contributed by atoms with Crippen LogP contribution >= 0.6 is 0 Å². The molecule has 1 aliphatic heterocycles. The molecule has 1 saturated carbocycles. The average Bonchev–Trinajstić information content (AvgIpc) is 2.17. The van der Waals surface area contributed by atoms with Crippen LogP contribution in [0.2, 0.25) is 0 Å². The van der Waals surface area contributed by atoms with E-state index in [1.54, 1.807) is 0 Å². The minimum Gasteiger partial charge on any atom is -0.312 e. The van der Waals surface area contributed by atoms with Crippen LogP contribution < -0.4 is 5.32 Å². The molecule has 1 nitrogen and oxygen atoms in total. The molecule has 2 unspecified atom stereocenters. The van der Waals surface area contributed by atoms with Crippen molar-refractivity contribution >= 4 is 0 Å². The lowest BCUT2D eigenvalue weighted by Gasteiger charge is -2.40. The third-order valence-electron chi connectivity index (χ3n) is 4.61. The maximum absolute atomic E-state index is 3.66. The molecule has 1 aliphatic carbocycles. The summed E-state index contributed by atoms with van der Waals surface area (Å²) in [6.07, 6.45) is 8.82. The Hall–Kier alpha value is -0.0400. The number of hydrogen-bond donors (Lipinski definition) is 1. The van der Waals surface area contributed by atoms with Crippen LogP contribution in [0, 0.1) is 17.8 Å². The van der Waals surface area contributed by atoms with Crippen LogP contribution in [0.25, 0.3) is 0 Å². The second kappa shape index (κ2) is 4.86. The van der Waals surface area contributed by atoms with Crippen molar-refractivity contribution in [3.63, 3.8) is 0 Å². The number of nitrogens with one attached hydrogen (secondary N) is 1. The Labute approximate surface area is 95.0 Å². The molecule has 15 heavy (non-hydrogen) atoms. The van der Waals surface area contributed by atoms with Gasteiger partial charge in [-0.15, -0.1) is 0 Å². The van der Waals surface area contributed by atoms with E-state index >= 15 is 0 Å². The van der Waals surface area contributed by atoms with Gasteiger partial charge in [-0.3, -0.25) is 0 Å². The summed E-state index contributed by atoms with van der Waals surface area (Å²) in [6, 6.07) is 1.50. The summed E-state index contributed by atoms with van der Waals surface area (Å²) in [5.41, 5.74) is 0. The van der Waals surface area contributed by atoms with Crippen molar-refractivity contribution < 1.29 is 0 Å². The van der Waals surface area contributed by atoms with Gasteiger partial charge in [-0.1, -0.05) is 19.8 Å². The SMILES string of the molecule is CC1CCC(C2CC(C)NC(C)C2)CC1. The fourth-order valence-corrected chi connectivity index (χ4v) is 3.77. The maximum atomic E-state index is 3.66. The summed E-state index contributed by atoms with van der Waals surface area (Å²) < 4.78 is 0. The highest BCUT2D eigenvalue weighted by Crippen LogP contribution is 2.38. The van der Waals surface area contributed by atoms with Crippen molar-refractivity contribution in [2.45, 2.75) is 71.4 Å². The van der Waals surface area contributed by atoms with E-state index in [2.05, 4.69) is 26.1 Å². The molecular weight excluding hydrogens is 182 g/mol. The smallest absolute Gasteiger partial charge is 0.00439 e. The van der Waals surface area contributed by atoms with Crippen LogP contribution in [-0.2, 0) is 0 Å². The molecule has 2 atom stereocenters. The van der Waals surface area contributed by atoms with Gasteiger partial charge < -0.3 is 5.32 Å². The van der Waals surface area contributed by atoms with E-state index in [4.69, 9.17) is 0 Å². The van der Waals surface area contributed by atoms with Gasteiger partial charge in [0.15, 0.2) is 0 Å². The van der Waals surface area contributed by atoms with Gasteiger partial charge in [-0.05, 0) is 57.3 Å². The van der Waals surface area contributed by atoms with E-state index in [-0.39, 0.29) is 0 Å². The standard InChI is InChI=1S/C14H27N/c1-10-4-6-13(7-5-10)14-8-11(2)15-12(3)9-14/h10-15H,4-9H2,1-3H3. The molecule has 2 fully saturated rings. The molecule has 0 aromatic heterocycles. The average molecular weight is 209 g/mol. The van der Waals surface area contributed by atoms with Gasteiger partial charge in [0.25, 0.3) is 0 Å². The summed E-state index contributed by atoms with van der Waals surface area (Å²) in [6.45, 7) is 7.13. The number of piperidine rings is 1. The van der Waals surface area contributed by atoms with Crippen LogP contribution in [0.15, 0.2) is 0 Å². The van der Waals surface area contributed by atoms with E-state index in [1.807, 2.05) is 0 Å². The van der Waals surface area contributed by atoms with Crippen LogP contribution in [-0.4, -0.2) is 12.1 Å². The number of hydrogen-bond acceptors (Lipinski definition) is 1. The van der Waals surface area contributed by atoms with Gasteiger partial charge in [0, 0.05) is 12.1 Å². The molecule has 0 bridgehead atoms.